The van der Waals surface area contributed by atoms with Gasteiger partial charge in [-0.05, 0) is 51.0 Å². The minimum absolute atomic E-state index is 0.269. The summed E-state index contributed by atoms with van der Waals surface area (Å²) in [6.45, 7) is 9.25. The predicted octanol–water partition coefficient (Wildman–Crippen LogP) is 3.50. The molecule has 1 aliphatic rings. The Balaban J connectivity index is 2.21. The number of urea groups is 1. The van der Waals surface area contributed by atoms with Crippen molar-refractivity contribution in [1.29, 1.82) is 0 Å². The molecular formula is C18H21FN2O2. The largest absolute Gasteiger partial charge is 0.332 e. The highest BCUT2D eigenvalue weighted by Gasteiger charge is 2.51. The van der Waals surface area contributed by atoms with Gasteiger partial charge in [0.25, 0.3) is 5.91 Å². The Morgan fingerprint density at radius 3 is 2.39 bits per heavy atom. The number of nitrogens with zero attached hydrogens (tertiary/aromatic N) is 2. The van der Waals surface area contributed by atoms with Gasteiger partial charge < -0.3 is 4.90 Å². The highest BCUT2D eigenvalue weighted by Crippen LogP contribution is 2.30. The third-order valence-electron chi connectivity index (χ3n) is 4.12. The second-order valence-electron chi connectivity index (χ2n) is 5.93. The van der Waals surface area contributed by atoms with Gasteiger partial charge in [0, 0.05) is 12.2 Å². The van der Waals surface area contributed by atoms with Crippen LogP contribution >= 0.6 is 0 Å². The van der Waals surface area contributed by atoms with Crippen molar-refractivity contribution in [3.8, 4) is 0 Å². The molecule has 0 saturated carbocycles. The van der Waals surface area contributed by atoms with E-state index in [9.17, 15) is 14.0 Å². The van der Waals surface area contributed by atoms with E-state index >= 15 is 0 Å². The van der Waals surface area contributed by atoms with Gasteiger partial charge in [0.15, 0.2) is 0 Å². The first-order valence-electron chi connectivity index (χ1n) is 7.52. The molecule has 3 amide bonds. The topological polar surface area (TPSA) is 40.6 Å². The van der Waals surface area contributed by atoms with E-state index in [-0.39, 0.29) is 17.8 Å². The number of allylic oxidation sites excluding steroid dienone is 2. The van der Waals surface area contributed by atoms with Crippen LogP contribution < -0.4 is 0 Å². The Kier molecular flexibility index (Phi) is 4.68. The number of imide groups is 1. The molecule has 0 atom stereocenters. The van der Waals surface area contributed by atoms with Crippen molar-refractivity contribution in [3.63, 3.8) is 0 Å². The van der Waals surface area contributed by atoms with Gasteiger partial charge in [-0.2, -0.15) is 0 Å². The maximum Gasteiger partial charge on any atom is 0.332 e. The van der Waals surface area contributed by atoms with Gasteiger partial charge >= 0.3 is 6.03 Å². The molecular weight excluding hydrogens is 295 g/mol. The van der Waals surface area contributed by atoms with Gasteiger partial charge in [-0.1, -0.05) is 24.8 Å². The molecule has 0 spiro atoms. The Labute approximate surface area is 135 Å². The summed E-state index contributed by atoms with van der Waals surface area (Å²) >= 11 is 0. The van der Waals surface area contributed by atoms with Gasteiger partial charge in [0.05, 0.1) is 0 Å². The van der Waals surface area contributed by atoms with E-state index < -0.39 is 5.54 Å². The first-order chi connectivity index (χ1) is 10.8. The van der Waals surface area contributed by atoms with Crippen LogP contribution in [0.5, 0.6) is 0 Å². The molecule has 1 heterocycles. The standard InChI is InChI=1S/C18H21FN2O2/c1-5-15(6-2)21-16(22)18(3,4)20(17(21)23)12-11-13-7-9-14(19)10-8-13/h5-10H,1,11-12H2,2-4H3/b15-6+. The summed E-state index contributed by atoms with van der Waals surface area (Å²) in [5, 5.41) is 0. The smallest absolute Gasteiger partial charge is 0.309 e. The van der Waals surface area contributed by atoms with Crippen LogP contribution in [0.15, 0.2) is 48.7 Å². The van der Waals surface area contributed by atoms with E-state index in [0.29, 0.717) is 18.7 Å². The Hall–Kier alpha value is -2.43. The van der Waals surface area contributed by atoms with Crippen LogP contribution in [-0.2, 0) is 11.2 Å². The molecule has 5 heteroatoms. The fourth-order valence-electron chi connectivity index (χ4n) is 2.67. The summed E-state index contributed by atoms with van der Waals surface area (Å²) < 4.78 is 13.0. The quantitative estimate of drug-likeness (QED) is 0.616. The van der Waals surface area contributed by atoms with Gasteiger partial charge in [0.2, 0.25) is 0 Å². The number of carbonyl (C=O) groups excluding carboxylic acids is 2. The van der Waals surface area contributed by atoms with Crippen molar-refractivity contribution in [2.45, 2.75) is 32.7 Å². The van der Waals surface area contributed by atoms with E-state index in [2.05, 4.69) is 6.58 Å². The van der Waals surface area contributed by atoms with E-state index in [0.717, 1.165) is 10.5 Å². The SMILES string of the molecule is C=C/C(=C\C)N1C(=O)N(CCc2ccc(F)cc2)C(C)(C)C1=O. The second kappa shape index (κ2) is 6.36. The van der Waals surface area contributed by atoms with Crippen LogP contribution in [0.4, 0.5) is 9.18 Å². The summed E-state index contributed by atoms with van der Waals surface area (Å²) in [5.74, 6) is -0.564. The first kappa shape index (κ1) is 16.9. The van der Waals surface area contributed by atoms with Crippen LogP contribution in [0.3, 0.4) is 0 Å². The van der Waals surface area contributed by atoms with E-state index in [1.165, 1.54) is 18.2 Å². The van der Waals surface area contributed by atoms with E-state index in [1.54, 1.807) is 43.9 Å². The molecule has 0 radical (unpaired) electrons. The minimum atomic E-state index is -0.922. The average molecular weight is 316 g/mol. The lowest BCUT2D eigenvalue weighted by atomic mass is 10.0. The highest BCUT2D eigenvalue weighted by atomic mass is 19.1. The maximum atomic E-state index is 13.0. The van der Waals surface area contributed by atoms with Gasteiger partial charge in [-0.3, -0.25) is 4.79 Å². The minimum Gasteiger partial charge on any atom is -0.309 e. The second-order valence-corrected chi connectivity index (χ2v) is 5.93. The Morgan fingerprint density at radius 1 is 1.26 bits per heavy atom. The number of carbonyl (C=O) groups is 2. The lowest BCUT2D eigenvalue weighted by molar-refractivity contribution is -0.130. The van der Waals surface area contributed by atoms with E-state index in [4.69, 9.17) is 0 Å². The van der Waals surface area contributed by atoms with Crippen molar-refractivity contribution in [2.75, 3.05) is 6.54 Å². The molecule has 0 aromatic heterocycles. The Morgan fingerprint density at radius 2 is 1.87 bits per heavy atom. The molecule has 1 aromatic carbocycles. The van der Waals surface area contributed by atoms with Crippen LogP contribution in [0.1, 0.15) is 26.3 Å². The fourth-order valence-corrected chi connectivity index (χ4v) is 2.67. The third kappa shape index (κ3) is 3.04. The molecule has 0 unspecified atom stereocenters. The summed E-state index contributed by atoms with van der Waals surface area (Å²) in [7, 11) is 0. The molecule has 1 aliphatic heterocycles. The van der Waals surface area contributed by atoms with Gasteiger partial charge in [0.1, 0.15) is 11.4 Å². The van der Waals surface area contributed by atoms with Crippen molar-refractivity contribution in [2.24, 2.45) is 0 Å². The predicted molar refractivity (Wildman–Crippen MR) is 87.1 cm³/mol. The number of amides is 3. The van der Waals surface area contributed by atoms with Crippen molar-refractivity contribution in [3.05, 3.63) is 60.1 Å². The summed E-state index contributed by atoms with van der Waals surface area (Å²) in [5.41, 5.74) is 0.474. The Bertz CT molecular complexity index is 662. The molecule has 2 rings (SSSR count). The number of benzene rings is 1. The molecule has 23 heavy (non-hydrogen) atoms. The van der Waals surface area contributed by atoms with Crippen LogP contribution in [0.25, 0.3) is 0 Å². The molecule has 1 aromatic rings. The third-order valence-corrected chi connectivity index (χ3v) is 4.12. The van der Waals surface area contributed by atoms with Crippen LogP contribution in [-0.4, -0.2) is 33.8 Å². The maximum absolute atomic E-state index is 13.0. The van der Waals surface area contributed by atoms with Crippen LogP contribution in [0.2, 0.25) is 0 Å². The highest BCUT2D eigenvalue weighted by molar-refractivity contribution is 6.08. The zero-order chi connectivity index (χ0) is 17.2. The van der Waals surface area contributed by atoms with Crippen molar-refractivity contribution >= 4 is 11.9 Å². The normalized spacial score (nSPS) is 17.8. The number of hydrogen-bond acceptors (Lipinski definition) is 2. The average Bonchev–Trinajstić information content (AvgIpc) is 2.68. The fraction of sp³-hybridized carbons (Fsp3) is 0.333. The number of hydrogen-bond donors (Lipinski definition) is 0. The van der Waals surface area contributed by atoms with Gasteiger partial charge in [-0.15, -0.1) is 0 Å². The molecule has 1 fully saturated rings. The summed E-state index contributed by atoms with van der Waals surface area (Å²) in [6.07, 6.45) is 3.73. The molecule has 122 valence electrons. The molecule has 1 saturated heterocycles. The molecule has 0 N–H and O–H groups in total. The van der Waals surface area contributed by atoms with Crippen LogP contribution in [0, 0.1) is 5.82 Å². The first-order valence-corrected chi connectivity index (χ1v) is 7.52. The monoisotopic (exact) mass is 316 g/mol. The van der Waals surface area contributed by atoms with Crippen molar-refractivity contribution in [1.82, 2.24) is 9.80 Å². The van der Waals surface area contributed by atoms with E-state index in [1.807, 2.05) is 0 Å². The number of halogens is 1. The zero-order valence-electron chi connectivity index (χ0n) is 13.7. The summed E-state index contributed by atoms with van der Waals surface area (Å²) in [6, 6.07) is 5.79. The van der Waals surface area contributed by atoms with Crippen molar-refractivity contribution < 1.29 is 14.0 Å². The lowest BCUT2D eigenvalue weighted by Crippen LogP contribution is -2.45. The summed E-state index contributed by atoms with van der Waals surface area (Å²) in [4.78, 5) is 27.9. The lowest BCUT2D eigenvalue weighted by Gasteiger charge is -2.27. The van der Waals surface area contributed by atoms with Gasteiger partial charge in [-0.25, -0.2) is 14.1 Å². The zero-order valence-corrected chi connectivity index (χ0v) is 13.7. The molecule has 0 bridgehead atoms. The molecule has 4 nitrogen and oxygen atoms in total. The number of rotatable bonds is 5. The molecule has 0 aliphatic carbocycles.